The quantitative estimate of drug-likeness (QED) is 0.0161. The molecule has 1 N–H and O–H groups in total. The highest BCUT2D eigenvalue weighted by atomic mass is 31.2. The second-order valence-electron chi connectivity index (χ2n) is 21.2. The second kappa shape index (κ2) is 51.9. The number of esters is 1. The summed E-state index contributed by atoms with van der Waals surface area (Å²) in [5.41, 5.74) is 0. The Hall–Kier alpha value is -2.55. The largest absolute Gasteiger partial charge is 0.756 e. The van der Waals surface area contributed by atoms with Crippen LogP contribution >= 0.6 is 7.82 Å². The van der Waals surface area contributed by atoms with Crippen molar-refractivity contribution in [2.75, 3.05) is 40.9 Å². The number of quaternary nitrogens is 1. The number of carbonyl (C=O) groups is 2. The summed E-state index contributed by atoms with van der Waals surface area (Å²) in [6.45, 7) is 6.68. The number of nitrogens with zero attached hydrogens (tertiary/aromatic N) is 1. The molecule has 0 aliphatic heterocycles. The first kappa shape index (κ1) is 69.5. The van der Waals surface area contributed by atoms with Crippen molar-refractivity contribution in [3.63, 3.8) is 0 Å². The first-order valence-electron chi connectivity index (χ1n) is 29.8. The van der Waals surface area contributed by atoms with Crippen LogP contribution in [0.1, 0.15) is 258 Å². The molecule has 0 saturated heterocycles. The normalized spacial score (nSPS) is 14.3. The number of phosphoric acid groups is 1. The summed E-state index contributed by atoms with van der Waals surface area (Å²) in [5.74, 6) is -0.559. The Morgan fingerprint density at radius 3 is 1.46 bits per heavy atom. The summed E-state index contributed by atoms with van der Waals surface area (Å²) >= 11 is 0. The maximum absolute atomic E-state index is 13.5. The lowest BCUT2D eigenvalue weighted by atomic mass is 10.0. The molecule has 0 bridgehead atoms. The highest BCUT2D eigenvalue weighted by molar-refractivity contribution is 7.45. The molecule has 418 valence electrons. The number of unbranched alkanes of at least 4 members (excludes halogenated alkanes) is 29. The molecule has 3 unspecified atom stereocenters. The van der Waals surface area contributed by atoms with E-state index in [1.54, 1.807) is 0 Å². The summed E-state index contributed by atoms with van der Waals surface area (Å²) in [6.07, 6.45) is 65.7. The SMILES string of the molecule is CC/C=C/C=C/C=C/CCCCCCCCCC(=O)NC(COP(=O)([O-])OCC[N+](C)(C)C)C(/C=C/CCCCCCCCCCCC)OC(=O)CCCCCCCCCCC/C=C\C/C=C\CCCCC. The van der Waals surface area contributed by atoms with E-state index in [9.17, 15) is 19.0 Å². The Kier molecular flexibility index (Phi) is 50.1. The molecular weight excluding hydrogens is 916 g/mol. The van der Waals surface area contributed by atoms with Crippen LogP contribution < -0.4 is 10.2 Å². The van der Waals surface area contributed by atoms with Crippen LogP contribution in [-0.2, 0) is 27.9 Å². The molecule has 72 heavy (non-hydrogen) atoms. The molecular formula is C62H113N2O7P. The standard InChI is InChI=1S/C62H113N2O7P/c1-7-10-13-16-19-22-25-28-30-31-32-33-35-37-40-43-46-49-52-55-62(66)71-60(53-50-47-44-41-38-27-24-21-18-15-12-9-3)59(58-70-72(67,68)69-57-56-64(4,5)6)63-61(65)54-51-48-45-42-39-36-34-29-26-23-20-17-14-11-8-2/h11,14,17,19-20,22-23,26,28,30,50,53,59-60H,7-10,12-13,15-16,18,21,24-25,27,29,31-49,51-52,54-58H2,1-6H3,(H-,63,65,67,68)/b14-11+,20-17+,22-19-,26-23+,30-28-,53-50+. The molecule has 0 saturated carbocycles. The highest BCUT2D eigenvalue weighted by Crippen LogP contribution is 2.38. The average molecular weight is 1030 g/mol. The van der Waals surface area contributed by atoms with Crippen LogP contribution in [0.4, 0.5) is 0 Å². The van der Waals surface area contributed by atoms with Gasteiger partial charge in [-0.1, -0.05) is 235 Å². The lowest BCUT2D eigenvalue weighted by Crippen LogP contribution is -2.47. The smallest absolute Gasteiger partial charge is 0.306 e. The fraction of sp³-hybridized carbons (Fsp3) is 0.774. The molecule has 10 heteroatoms. The summed E-state index contributed by atoms with van der Waals surface area (Å²) < 4.78 is 30.3. The van der Waals surface area contributed by atoms with Crippen molar-refractivity contribution < 1.29 is 37.3 Å². The van der Waals surface area contributed by atoms with Gasteiger partial charge in [0.1, 0.15) is 19.3 Å². The molecule has 0 aliphatic rings. The number of allylic oxidation sites excluding steroid dienone is 11. The summed E-state index contributed by atoms with van der Waals surface area (Å²) in [7, 11) is 1.17. The number of hydrogen-bond acceptors (Lipinski definition) is 7. The van der Waals surface area contributed by atoms with Gasteiger partial charge in [-0.15, -0.1) is 0 Å². The van der Waals surface area contributed by atoms with Crippen LogP contribution in [0.5, 0.6) is 0 Å². The average Bonchev–Trinajstić information content (AvgIpc) is 3.34. The van der Waals surface area contributed by atoms with E-state index < -0.39 is 26.6 Å². The molecule has 0 fully saturated rings. The lowest BCUT2D eigenvalue weighted by Gasteiger charge is -2.30. The second-order valence-corrected chi connectivity index (χ2v) is 22.6. The number of hydrogen-bond donors (Lipinski definition) is 1. The summed E-state index contributed by atoms with van der Waals surface area (Å²) in [5, 5.41) is 3.02. The zero-order valence-corrected chi connectivity index (χ0v) is 48.5. The number of ether oxygens (including phenoxy) is 1. The predicted molar refractivity (Wildman–Crippen MR) is 307 cm³/mol. The van der Waals surface area contributed by atoms with Gasteiger partial charge in [-0.05, 0) is 83.1 Å². The molecule has 0 aliphatic carbocycles. The monoisotopic (exact) mass is 1030 g/mol. The van der Waals surface area contributed by atoms with Gasteiger partial charge in [-0.3, -0.25) is 14.2 Å². The minimum atomic E-state index is -4.70. The molecule has 0 aromatic rings. The number of phosphoric ester groups is 1. The molecule has 0 spiro atoms. The lowest BCUT2D eigenvalue weighted by molar-refractivity contribution is -0.870. The molecule has 0 rings (SSSR count). The van der Waals surface area contributed by atoms with Crippen molar-refractivity contribution >= 4 is 19.7 Å². The third kappa shape index (κ3) is 52.3. The molecule has 0 aromatic heterocycles. The number of amides is 1. The highest BCUT2D eigenvalue weighted by Gasteiger charge is 2.27. The van der Waals surface area contributed by atoms with E-state index in [4.69, 9.17) is 13.8 Å². The minimum Gasteiger partial charge on any atom is -0.756 e. The Balaban J connectivity index is 5.30. The number of likely N-dealkylation sites (N-methyl/N-ethyl adjacent to an activating group) is 1. The van der Waals surface area contributed by atoms with Gasteiger partial charge in [0, 0.05) is 12.8 Å². The van der Waals surface area contributed by atoms with Crippen LogP contribution in [0.3, 0.4) is 0 Å². The number of carbonyl (C=O) groups excluding carboxylic acids is 2. The first-order chi connectivity index (χ1) is 34.9. The summed E-state index contributed by atoms with van der Waals surface area (Å²) in [4.78, 5) is 39.9. The van der Waals surface area contributed by atoms with E-state index in [2.05, 4.69) is 86.8 Å². The maximum atomic E-state index is 13.5. The zero-order valence-electron chi connectivity index (χ0n) is 47.6. The topological polar surface area (TPSA) is 114 Å². The van der Waals surface area contributed by atoms with Gasteiger partial charge in [-0.2, -0.15) is 0 Å². The van der Waals surface area contributed by atoms with Gasteiger partial charge >= 0.3 is 5.97 Å². The fourth-order valence-corrected chi connectivity index (χ4v) is 9.04. The van der Waals surface area contributed by atoms with Gasteiger partial charge in [-0.25, -0.2) is 0 Å². The maximum Gasteiger partial charge on any atom is 0.306 e. The van der Waals surface area contributed by atoms with E-state index in [0.717, 1.165) is 96.3 Å². The van der Waals surface area contributed by atoms with Crippen molar-refractivity contribution in [3.05, 3.63) is 72.9 Å². The van der Waals surface area contributed by atoms with E-state index in [1.807, 2.05) is 33.3 Å². The van der Waals surface area contributed by atoms with E-state index >= 15 is 0 Å². The van der Waals surface area contributed by atoms with Gasteiger partial charge in [0.25, 0.3) is 7.82 Å². The Morgan fingerprint density at radius 1 is 0.514 bits per heavy atom. The Morgan fingerprint density at radius 2 is 0.944 bits per heavy atom. The summed E-state index contributed by atoms with van der Waals surface area (Å²) in [6, 6.07) is -0.898. The van der Waals surface area contributed by atoms with Crippen molar-refractivity contribution in [1.29, 1.82) is 0 Å². The first-order valence-corrected chi connectivity index (χ1v) is 31.2. The molecule has 1 amide bonds. The van der Waals surface area contributed by atoms with E-state index in [-0.39, 0.29) is 24.9 Å². The van der Waals surface area contributed by atoms with Crippen molar-refractivity contribution in [2.45, 2.75) is 270 Å². The van der Waals surface area contributed by atoms with Crippen molar-refractivity contribution in [3.8, 4) is 0 Å². The van der Waals surface area contributed by atoms with Gasteiger partial charge in [0.2, 0.25) is 5.91 Å². The molecule has 0 radical (unpaired) electrons. The molecule has 0 aromatic carbocycles. The van der Waals surface area contributed by atoms with Crippen LogP contribution in [0.2, 0.25) is 0 Å². The third-order valence-electron chi connectivity index (χ3n) is 12.9. The van der Waals surface area contributed by atoms with Crippen molar-refractivity contribution in [1.82, 2.24) is 5.32 Å². The fourth-order valence-electron chi connectivity index (χ4n) is 8.32. The van der Waals surface area contributed by atoms with Crippen LogP contribution in [-0.4, -0.2) is 69.4 Å². The van der Waals surface area contributed by atoms with Crippen LogP contribution in [0.25, 0.3) is 0 Å². The van der Waals surface area contributed by atoms with Gasteiger partial charge in [0.05, 0.1) is 33.8 Å². The van der Waals surface area contributed by atoms with Crippen LogP contribution in [0.15, 0.2) is 72.9 Å². The molecule has 3 atom stereocenters. The molecule has 0 heterocycles. The van der Waals surface area contributed by atoms with Gasteiger partial charge in [0.15, 0.2) is 0 Å². The minimum absolute atomic E-state index is 0.0279. The predicted octanol–water partition coefficient (Wildman–Crippen LogP) is 17.4. The van der Waals surface area contributed by atoms with E-state index in [1.165, 1.54) is 128 Å². The molecule has 9 nitrogen and oxygen atoms in total. The van der Waals surface area contributed by atoms with Crippen LogP contribution in [0, 0.1) is 0 Å². The number of nitrogens with one attached hydrogen (secondary N) is 1. The van der Waals surface area contributed by atoms with Gasteiger partial charge < -0.3 is 28.5 Å². The van der Waals surface area contributed by atoms with E-state index in [0.29, 0.717) is 17.4 Å². The number of rotatable bonds is 53. The third-order valence-corrected chi connectivity index (χ3v) is 13.9. The van der Waals surface area contributed by atoms with Crippen molar-refractivity contribution in [2.24, 2.45) is 0 Å². The zero-order chi connectivity index (χ0) is 52.9. The Labute approximate surface area is 444 Å². The Bertz CT molecular complexity index is 1460.